The number of rotatable bonds is 10. The first-order valence-corrected chi connectivity index (χ1v) is 16.1. The van der Waals surface area contributed by atoms with Crippen LogP contribution in [0.1, 0.15) is 56.2 Å². The van der Waals surface area contributed by atoms with E-state index in [2.05, 4.69) is 15.3 Å². The van der Waals surface area contributed by atoms with Gasteiger partial charge in [-0.1, -0.05) is 37.8 Å². The van der Waals surface area contributed by atoms with E-state index in [1.165, 1.54) is 17.1 Å². The maximum atomic E-state index is 13.6. The van der Waals surface area contributed by atoms with Crippen LogP contribution in [0.4, 0.5) is 5.69 Å². The summed E-state index contributed by atoms with van der Waals surface area (Å²) in [6, 6.07) is 10.3. The van der Waals surface area contributed by atoms with Crippen molar-refractivity contribution >= 4 is 33.4 Å². The van der Waals surface area contributed by atoms with E-state index in [9.17, 15) is 18.0 Å². The molecule has 0 bridgehead atoms. The number of carbonyl (C=O) groups is 2. The molecule has 1 unspecified atom stereocenters. The Labute approximate surface area is 247 Å². The molecular formula is C30H39N5O6S. The van der Waals surface area contributed by atoms with Gasteiger partial charge in [-0.05, 0) is 43.0 Å². The summed E-state index contributed by atoms with van der Waals surface area (Å²) in [5, 5.41) is 3.02. The van der Waals surface area contributed by atoms with E-state index < -0.39 is 15.9 Å². The van der Waals surface area contributed by atoms with Gasteiger partial charge in [-0.25, -0.2) is 18.4 Å². The minimum atomic E-state index is -3.71. The summed E-state index contributed by atoms with van der Waals surface area (Å²) in [7, 11) is -2.15. The minimum Gasteiger partial charge on any atom is -0.481 e. The lowest BCUT2D eigenvalue weighted by molar-refractivity contribution is -0.144. The van der Waals surface area contributed by atoms with Gasteiger partial charge < -0.3 is 14.8 Å². The Morgan fingerprint density at radius 1 is 1.05 bits per heavy atom. The lowest BCUT2D eigenvalue weighted by atomic mass is 9.87. The SMILES string of the molecule is CCOC(=O)CN1CCN(S(=O)(=O)c2ccc(C(CC3CCCC3)C(=O)NC3=Nc4ccc(OC)nc4C3)cc2)CC1. The first-order chi connectivity index (χ1) is 20.3. The standard InChI is InChI=1S/C30H39N5O6S/c1-3-41-29(36)20-34-14-16-35(17-15-34)42(38,39)23-10-8-22(9-11-23)24(18-21-6-4-5-7-21)30(37)33-27-19-26-25(31-27)12-13-28(32-26)40-2/h8-13,21,24H,3-7,14-20H2,1-2H3,(H,31,33,37). The number of hydrogen-bond donors (Lipinski definition) is 1. The van der Waals surface area contributed by atoms with Crippen LogP contribution < -0.4 is 10.1 Å². The van der Waals surface area contributed by atoms with Crippen LogP contribution in [0, 0.1) is 5.92 Å². The van der Waals surface area contributed by atoms with Crippen LogP contribution in [0.5, 0.6) is 5.88 Å². The molecule has 1 atom stereocenters. The molecule has 1 aromatic heterocycles. The monoisotopic (exact) mass is 597 g/mol. The van der Waals surface area contributed by atoms with Crippen molar-refractivity contribution in [2.45, 2.75) is 56.3 Å². The number of amidine groups is 1. The van der Waals surface area contributed by atoms with E-state index in [1.807, 2.05) is 11.0 Å². The maximum absolute atomic E-state index is 13.6. The number of piperazine rings is 1. The van der Waals surface area contributed by atoms with Gasteiger partial charge >= 0.3 is 5.97 Å². The zero-order valence-electron chi connectivity index (χ0n) is 24.3. The number of fused-ring (bicyclic) bond motifs is 1. The van der Waals surface area contributed by atoms with Crippen LogP contribution in [0.25, 0.3) is 0 Å². The quantitative estimate of drug-likeness (QED) is 0.414. The summed E-state index contributed by atoms with van der Waals surface area (Å²) in [5.74, 6) is 0.627. The number of methoxy groups -OCH3 is 1. The number of ether oxygens (including phenoxy) is 2. The highest BCUT2D eigenvalue weighted by Crippen LogP contribution is 2.35. The third-order valence-corrected chi connectivity index (χ3v) is 10.2. The van der Waals surface area contributed by atoms with Gasteiger partial charge in [-0.3, -0.25) is 14.5 Å². The smallest absolute Gasteiger partial charge is 0.320 e. The molecule has 2 aromatic rings. The molecule has 1 aliphatic carbocycles. The normalized spacial score (nSPS) is 18.8. The van der Waals surface area contributed by atoms with Gasteiger partial charge in [0.05, 0.1) is 48.9 Å². The van der Waals surface area contributed by atoms with Crippen molar-refractivity contribution in [3.63, 3.8) is 0 Å². The minimum absolute atomic E-state index is 0.145. The average Bonchev–Trinajstić information content (AvgIpc) is 3.65. The third-order valence-electron chi connectivity index (χ3n) is 8.26. The number of carbonyl (C=O) groups excluding carboxylic acids is 2. The molecule has 42 heavy (non-hydrogen) atoms. The fourth-order valence-corrected chi connectivity index (χ4v) is 7.40. The van der Waals surface area contributed by atoms with E-state index in [-0.39, 0.29) is 23.3 Å². The van der Waals surface area contributed by atoms with Gasteiger partial charge in [0, 0.05) is 32.2 Å². The molecule has 11 nitrogen and oxygen atoms in total. The number of nitrogens with zero attached hydrogens (tertiary/aromatic N) is 4. The molecule has 2 aliphatic heterocycles. The van der Waals surface area contributed by atoms with Crippen LogP contribution in [-0.4, -0.2) is 86.8 Å². The summed E-state index contributed by atoms with van der Waals surface area (Å²) in [5.41, 5.74) is 2.26. The van der Waals surface area contributed by atoms with E-state index >= 15 is 0 Å². The number of hydrogen-bond acceptors (Lipinski definition) is 9. The number of benzene rings is 1. The number of amides is 1. The van der Waals surface area contributed by atoms with Gasteiger partial charge in [0.1, 0.15) is 5.84 Å². The van der Waals surface area contributed by atoms with Crippen molar-refractivity contribution in [1.29, 1.82) is 0 Å². The Morgan fingerprint density at radius 2 is 1.76 bits per heavy atom. The molecule has 5 rings (SSSR count). The number of pyridine rings is 1. The van der Waals surface area contributed by atoms with Gasteiger partial charge in [-0.15, -0.1) is 0 Å². The molecule has 1 N–H and O–H groups in total. The second-order valence-corrected chi connectivity index (χ2v) is 13.0. The number of sulfonamides is 1. The molecule has 2 fully saturated rings. The van der Waals surface area contributed by atoms with Crippen LogP contribution in [-0.2, 0) is 30.8 Å². The number of nitrogens with one attached hydrogen (secondary N) is 1. The molecule has 3 heterocycles. The van der Waals surface area contributed by atoms with Crippen molar-refractivity contribution < 1.29 is 27.5 Å². The van der Waals surface area contributed by atoms with Crippen LogP contribution >= 0.6 is 0 Å². The van der Waals surface area contributed by atoms with Gasteiger partial charge in [-0.2, -0.15) is 4.31 Å². The second kappa shape index (κ2) is 13.3. The van der Waals surface area contributed by atoms with Gasteiger partial charge in [0.15, 0.2) is 0 Å². The zero-order valence-corrected chi connectivity index (χ0v) is 25.1. The molecular weight excluding hydrogens is 558 g/mol. The van der Waals surface area contributed by atoms with Crippen molar-refractivity contribution in [3.05, 3.63) is 47.7 Å². The number of esters is 1. The highest BCUT2D eigenvalue weighted by atomic mass is 32.2. The van der Waals surface area contributed by atoms with Crippen molar-refractivity contribution in [2.75, 3.05) is 46.4 Å². The summed E-state index contributed by atoms with van der Waals surface area (Å²) in [6.07, 6.45) is 5.63. The first kappa shape index (κ1) is 30.1. The molecule has 1 amide bonds. The Balaban J connectivity index is 1.26. The predicted molar refractivity (Wildman–Crippen MR) is 157 cm³/mol. The topological polar surface area (TPSA) is 130 Å². The van der Waals surface area contributed by atoms with E-state index in [4.69, 9.17) is 9.47 Å². The Bertz CT molecular complexity index is 1410. The highest BCUT2D eigenvalue weighted by molar-refractivity contribution is 7.89. The largest absolute Gasteiger partial charge is 0.481 e. The summed E-state index contributed by atoms with van der Waals surface area (Å²) < 4.78 is 38.5. The van der Waals surface area contributed by atoms with Gasteiger partial charge in [0.25, 0.3) is 0 Å². The molecule has 1 saturated heterocycles. The van der Waals surface area contributed by atoms with Crippen molar-refractivity contribution in [1.82, 2.24) is 19.5 Å². The molecule has 3 aliphatic rings. The lowest BCUT2D eigenvalue weighted by Gasteiger charge is -2.33. The third kappa shape index (κ3) is 6.99. The van der Waals surface area contributed by atoms with Crippen LogP contribution in [0.15, 0.2) is 46.3 Å². The summed E-state index contributed by atoms with van der Waals surface area (Å²) in [6.45, 7) is 3.73. The zero-order chi connectivity index (χ0) is 29.7. The second-order valence-electron chi connectivity index (χ2n) is 11.0. The molecule has 1 aromatic carbocycles. The van der Waals surface area contributed by atoms with E-state index in [1.54, 1.807) is 44.4 Å². The van der Waals surface area contributed by atoms with E-state index in [0.717, 1.165) is 29.8 Å². The molecule has 0 spiro atoms. The maximum Gasteiger partial charge on any atom is 0.320 e. The molecule has 12 heteroatoms. The molecule has 1 saturated carbocycles. The first-order valence-electron chi connectivity index (χ1n) is 14.7. The van der Waals surface area contributed by atoms with Crippen LogP contribution in [0.3, 0.4) is 0 Å². The van der Waals surface area contributed by atoms with E-state index in [0.29, 0.717) is 63.3 Å². The highest BCUT2D eigenvalue weighted by Gasteiger charge is 2.32. The lowest BCUT2D eigenvalue weighted by Crippen LogP contribution is -2.49. The molecule has 0 radical (unpaired) electrons. The Morgan fingerprint density at radius 3 is 2.43 bits per heavy atom. The predicted octanol–water partition coefficient (Wildman–Crippen LogP) is 3.03. The summed E-state index contributed by atoms with van der Waals surface area (Å²) in [4.78, 5) is 36.5. The summed E-state index contributed by atoms with van der Waals surface area (Å²) >= 11 is 0. The average molecular weight is 598 g/mol. The Hall–Kier alpha value is -3.35. The van der Waals surface area contributed by atoms with Crippen LogP contribution in [0.2, 0.25) is 0 Å². The number of aliphatic imine (C=N–C) groups is 1. The molecule has 226 valence electrons. The van der Waals surface area contributed by atoms with Crippen molar-refractivity contribution in [2.24, 2.45) is 10.9 Å². The van der Waals surface area contributed by atoms with Gasteiger partial charge in [0.2, 0.25) is 21.8 Å². The fourth-order valence-electron chi connectivity index (χ4n) is 5.98. The number of aromatic nitrogens is 1. The fraction of sp³-hybridized carbons (Fsp3) is 0.533. The Kier molecular flexibility index (Phi) is 9.54. The van der Waals surface area contributed by atoms with Crippen molar-refractivity contribution in [3.8, 4) is 5.88 Å².